The Kier molecular flexibility index (Phi) is 2.63. The molecule has 0 aliphatic rings. The van der Waals surface area contributed by atoms with Crippen molar-refractivity contribution >= 4 is 5.71 Å². The van der Waals surface area contributed by atoms with Crippen molar-refractivity contribution in [2.75, 3.05) is 6.61 Å². The minimum Gasteiger partial charge on any atom is -0.390 e. The molecule has 3 nitrogen and oxygen atoms in total. The molecular formula is C8H10N2O. The Morgan fingerprint density at radius 3 is 2.45 bits per heavy atom. The minimum atomic E-state index is -0.124. The molecule has 1 aromatic rings. The number of nitrogens with two attached hydrogens (primary N) is 1. The first-order valence-corrected chi connectivity index (χ1v) is 3.31. The summed E-state index contributed by atoms with van der Waals surface area (Å²) in [6.45, 7) is -0.124. The van der Waals surface area contributed by atoms with Gasteiger partial charge in [-0.05, 0) is 0 Å². The van der Waals surface area contributed by atoms with Crippen LogP contribution >= 0.6 is 0 Å². The SMILES string of the molecule is N/N=C(/CO)c1ccccc1. The molecule has 58 valence electrons. The normalized spacial score (nSPS) is 11.5. The summed E-state index contributed by atoms with van der Waals surface area (Å²) >= 11 is 0. The summed E-state index contributed by atoms with van der Waals surface area (Å²) in [6.07, 6.45) is 0. The van der Waals surface area contributed by atoms with E-state index >= 15 is 0 Å². The van der Waals surface area contributed by atoms with Crippen LogP contribution in [-0.4, -0.2) is 17.4 Å². The maximum atomic E-state index is 8.77. The van der Waals surface area contributed by atoms with Crippen LogP contribution in [-0.2, 0) is 0 Å². The van der Waals surface area contributed by atoms with Crippen molar-refractivity contribution in [3.8, 4) is 0 Å². The molecule has 0 saturated carbocycles. The molecule has 0 amide bonds. The second-order valence-electron chi connectivity index (χ2n) is 2.10. The highest BCUT2D eigenvalue weighted by atomic mass is 16.3. The molecule has 11 heavy (non-hydrogen) atoms. The number of benzene rings is 1. The molecule has 0 fully saturated rings. The van der Waals surface area contributed by atoms with Gasteiger partial charge >= 0.3 is 0 Å². The molecular weight excluding hydrogens is 140 g/mol. The number of rotatable bonds is 2. The van der Waals surface area contributed by atoms with E-state index in [1.165, 1.54) is 0 Å². The highest BCUT2D eigenvalue weighted by Gasteiger charge is 1.98. The van der Waals surface area contributed by atoms with E-state index in [0.29, 0.717) is 5.71 Å². The summed E-state index contributed by atoms with van der Waals surface area (Å²) in [5, 5.41) is 12.2. The van der Waals surface area contributed by atoms with Gasteiger partial charge in [-0.2, -0.15) is 5.10 Å². The molecule has 0 radical (unpaired) electrons. The van der Waals surface area contributed by atoms with Gasteiger partial charge in [0.1, 0.15) is 0 Å². The van der Waals surface area contributed by atoms with Crippen LogP contribution in [0.3, 0.4) is 0 Å². The summed E-state index contributed by atoms with van der Waals surface area (Å²) < 4.78 is 0. The lowest BCUT2D eigenvalue weighted by atomic mass is 10.1. The molecule has 0 heterocycles. The van der Waals surface area contributed by atoms with Gasteiger partial charge in [-0.1, -0.05) is 30.3 Å². The molecule has 0 aliphatic carbocycles. The Balaban J connectivity index is 2.92. The molecule has 0 unspecified atom stereocenters. The lowest BCUT2D eigenvalue weighted by Crippen LogP contribution is -2.08. The highest BCUT2D eigenvalue weighted by Crippen LogP contribution is 1.99. The van der Waals surface area contributed by atoms with Gasteiger partial charge < -0.3 is 10.9 Å². The standard InChI is InChI=1S/C8H10N2O/c9-10-8(6-11)7-4-2-1-3-5-7/h1-5,11H,6,9H2/b10-8-. The molecule has 3 N–H and O–H groups in total. The average Bonchev–Trinajstić information content (AvgIpc) is 2.09. The first kappa shape index (κ1) is 7.75. The Morgan fingerprint density at radius 2 is 2.00 bits per heavy atom. The largest absolute Gasteiger partial charge is 0.390 e. The minimum absolute atomic E-state index is 0.124. The molecule has 0 aromatic heterocycles. The Morgan fingerprint density at radius 1 is 1.36 bits per heavy atom. The first-order chi connectivity index (χ1) is 5.38. The third kappa shape index (κ3) is 1.78. The van der Waals surface area contributed by atoms with E-state index in [2.05, 4.69) is 5.10 Å². The van der Waals surface area contributed by atoms with Crippen LogP contribution in [0.15, 0.2) is 35.4 Å². The van der Waals surface area contributed by atoms with Gasteiger partial charge in [-0.3, -0.25) is 0 Å². The second-order valence-corrected chi connectivity index (χ2v) is 2.10. The van der Waals surface area contributed by atoms with Gasteiger partial charge in [0.25, 0.3) is 0 Å². The molecule has 0 bridgehead atoms. The average molecular weight is 150 g/mol. The highest BCUT2D eigenvalue weighted by molar-refractivity contribution is 6.01. The predicted molar refractivity (Wildman–Crippen MR) is 44.3 cm³/mol. The molecule has 0 aliphatic heterocycles. The van der Waals surface area contributed by atoms with E-state index < -0.39 is 0 Å². The van der Waals surface area contributed by atoms with E-state index in [-0.39, 0.29) is 6.61 Å². The molecule has 1 aromatic carbocycles. The summed E-state index contributed by atoms with van der Waals surface area (Å²) in [4.78, 5) is 0. The van der Waals surface area contributed by atoms with E-state index in [0.717, 1.165) is 5.56 Å². The van der Waals surface area contributed by atoms with Crippen LogP contribution in [0.5, 0.6) is 0 Å². The third-order valence-electron chi connectivity index (χ3n) is 1.41. The summed E-state index contributed by atoms with van der Waals surface area (Å²) in [5.74, 6) is 5.04. The third-order valence-corrected chi connectivity index (χ3v) is 1.41. The van der Waals surface area contributed by atoms with Gasteiger partial charge in [0.15, 0.2) is 0 Å². The Bertz CT molecular complexity index is 244. The smallest absolute Gasteiger partial charge is 0.0926 e. The molecule has 0 spiro atoms. The van der Waals surface area contributed by atoms with Crippen molar-refractivity contribution in [3.05, 3.63) is 35.9 Å². The van der Waals surface area contributed by atoms with Crippen molar-refractivity contribution in [1.82, 2.24) is 0 Å². The monoisotopic (exact) mass is 150 g/mol. The van der Waals surface area contributed by atoms with Crippen molar-refractivity contribution in [1.29, 1.82) is 0 Å². The maximum Gasteiger partial charge on any atom is 0.0926 e. The number of aliphatic hydroxyl groups is 1. The fourth-order valence-corrected chi connectivity index (χ4v) is 0.837. The van der Waals surface area contributed by atoms with Gasteiger partial charge in [0, 0.05) is 5.56 Å². The van der Waals surface area contributed by atoms with Crippen molar-refractivity contribution in [2.24, 2.45) is 10.9 Å². The Labute approximate surface area is 65.2 Å². The topological polar surface area (TPSA) is 58.6 Å². The fraction of sp³-hybridized carbons (Fsp3) is 0.125. The predicted octanol–water partition coefficient (Wildman–Crippen LogP) is 0.342. The Hall–Kier alpha value is -1.35. The molecule has 0 saturated heterocycles. The zero-order valence-corrected chi connectivity index (χ0v) is 6.07. The number of aliphatic hydroxyl groups excluding tert-OH is 1. The number of hydrogen-bond donors (Lipinski definition) is 2. The summed E-state index contributed by atoms with van der Waals surface area (Å²) in [7, 11) is 0. The van der Waals surface area contributed by atoms with Crippen LogP contribution in [0.1, 0.15) is 5.56 Å². The van der Waals surface area contributed by atoms with E-state index in [4.69, 9.17) is 10.9 Å². The number of nitrogens with zero attached hydrogens (tertiary/aromatic N) is 1. The van der Waals surface area contributed by atoms with Gasteiger partial charge in [-0.15, -0.1) is 0 Å². The molecule has 1 rings (SSSR count). The van der Waals surface area contributed by atoms with E-state index in [9.17, 15) is 0 Å². The van der Waals surface area contributed by atoms with Crippen molar-refractivity contribution in [2.45, 2.75) is 0 Å². The van der Waals surface area contributed by atoms with Gasteiger partial charge in [-0.25, -0.2) is 0 Å². The van der Waals surface area contributed by atoms with E-state index in [1.54, 1.807) is 0 Å². The number of hydrogen-bond acceptors (Lipinski definition) is 3. The lowest BCUT2D eigenvalue weighted by Gasteiger charge is -1.99. The second kappa shape index (κ2) is 3.73. The maximum absolute atomic E-state index is 8.77. The zero-order valence-electron chi connectivity index (χ0n) is 6.07. The van der Waals surface area contributed by atoms with Crippen LogP contribution in [0.2, 0.25) is 0 Å². The van der Waals surface area contributed by atoms with Crippen LogP contribution in [0.4, 0.5) is 0 Å². The lowest BCUT2D eigenvalue weighted by molar-refractivity contribution is 0.357. The van der Waals surface area contributed by atoms with Gasteiger partial charge in [0.2, 0.25) is 0 Å². The fourth-order valence-electron chi connectivity index (χ4n) is 0.837. The first-order valence-electron chi connectivity index (χ1n) is 3.31. The van der Waals surface area contributed by atoms with Crippen LogP contribution < -0.4 is 5.84 Å². The summed E-state index contributed by atoms with van der Waals surface area (Å²) in [5.41, 5.74) is 1.36. The van der Waals surface area contributed by atoms with Crippen molar-refractivity contribution < 1.29 is 5.11 Å². The van der Waals surface area contributed by atoms with Crippen molar-refractivity contribution in [3.63, 3.8) is 0 Å². The van der Waals surface area contributed by atoms with Crippen LogP contribution in [0.25, 0.3) is 0 Å². The van der Waals surface area contributed by atoms with Gasteiger partial charge in [0.05, 0.1) is 12.3 Å². The quantitative estimate of drug-likeness (QED) is 0.363. The molecule has 0 atom stereocenters. The number of hydrazone groups is 1. The molecule has 3 heteroatoms. The van der Waals surface area contributed by atoms with Crippen LogP contribution in [0, 0.1) is 0 Å². The van der Waals surface area contributed by atoms with E-state index in [1.807, 2.05) is 30.3 Å². The summed E-state index contributed by atoms with van der Waals surface area (Å²) in [6, 6.07) is 9.34. The zero-order chi connectivity index (χ0) is 8.10.